The van der Waals surface area contributed by atoms with E-state index in [1.165, 1.54) is 5.56 Å². The molecule has 2 rings (SSSR count). The van der Waals surface area contributed by atoms with Crippen LogP contribution in [0.2, 0.25) is 0 Å². The maximum Gasteiger partial charge on any atom is 0.310 e. The van der Waals surface area contributed by atoms with Gasteiger partial charge in [-0.25, -0.2) is 0 Å². The van der Waals surface area contributed by atoms with Gasteiger partial charge in [0.05, 0.1) is 0 Å². The van der Waals surface area contributed by atoms with Crippen LogP contribution in [0, 0.1) is 6.92 Å². The van der Waals surface area contributed by atoms with E-state index in [0.717, 1.165) is 22.9 Å². The minimum absolute atomic E-state index is 0.227. The normalized spacial score (nSPS) is 10.6. The third-order valence-corrected chi connectivity index (χ3v) is 3.00. The highest BCUT2D eigenvalue weighted by molar-refractivity contribution is 5.90. The van der Waals surface area contributed by atoms with Crippen molar-refractivity contribution >= 4 is 16.9 Å². The van der Waals surface area contributed by atoms with Gasteiger partial charge in [-0.05, 0) is 30.5 Å². The predicted molar refractivity (Wildman–Crippen MR) is 71.8 cm³/mol. The molecule has 0 N–H and O–H groups in total. The molecular formula is C15H17NO2. The Balaban J connectivity index is 2.65. The fraction of sp³-hybridized carbons (Fsp3) is 0.333. The van der Waals surface area contributed by atoms with Gasteiger partial charge in [0.2, 0.25) is 0 Å². The molecule has 0 saturated carbocycles. The van der Waals surface area contributed by atoms with Crippen LogP contribution in [0.4, 0.5) is 0 Å². The Bertz CT molecular complexity index is 590. The van der Waals surface area contributed by atoms with Gasteiger partial charge in [-0.2, -0.15) is 0 Å². The number of ether oxygens (including phenoxy) is 1. The number of aromatic nitrogens is 1. The molecule has 0 saturated heterocycles. The average Bonchev–Trinajstić information content (AvgIpc) is 2.41. The van der Waals surface area contributed by atoms with E-state index < -0.39 is 0 Å². The molecule has 3 nitrogen and oxygen atoms in total. The number of benzene rings is 1. The molecule has 1 aromatic heterocycles. The largest absolute Gasteiger partial charge is 0.424 e. The van der Waals surface area contributed by atoms with Gasteiger partial charge in [-0.3, -0.25) is 9.78 Å². The summed E-state index contributed by atoms with van der Waals surface area (Å²) in [5.74, 6) is 0.365. The number of nitrogens with zero attached hydrogens (tertiary/aromatic N) is 1. The number of fused-ring (bicyclic) bond motifs is 1. The Labute approximate surface area is 107 Å². The summed E-state index contributed by atoms with van der Waals surface area (Å²) in [6.07, 6.45) is 3.03. The lowest BCUT2D eigenvalue weighted by atomic mass is 10.0. The lowest BCUT2D eigenvalue weighted by Crippen LogP contribution is -2.08. The van der Waals surface area contributed by atoms with E-state index in [2.05, 4.69) is 18.0 Å². The van der Waals surface area contributed by atoms with Crippen LogP contribution in [-0.4, -0.2) is 11.0 Å². The van der Waals surface area contributed by atoms with Gasteiger partial charge in [0, 0.05) is 18.0 Å². The van der Waals surface area contributed by atoms with E-state index in [1.54, 1.807) is 13.1 Å². The highest BCUT2D eigenvalue weighted by Crippen LogP contribution is 2.31. The van der Waals surface area contributed by atoms with Crippen LogP contribution in [0.5, 0.6) is 5.75 Å². The Morgan fingerprint density at radius 1 is 1.39 bits per heavy atom. The molecule has 0 fully saturated rings. The van der Waals surface area contributed by atoms with Crippen molar-refractivity contribution < 1.29 is 9.53 Å². The molecular weight excluding hydrogens is 226 g/mol. The number of carbonyl (C=O) groups is 1. The maximum atomic E-state index is 11.5. The molecule has 18 heavy (non-hydrogen) atoms. The molecule has 0 radical (unpaired) electrons. The molecule has 1 heterocycles. The van der Waals surface area contributed by atoms with Crippen molar-refractivity contribution in [3.05, 3.63) is 35.5 Å². The quantitative estimate of drug-likeness (QED) is 0.612. The van der Waals surface area contributed by atoms with Gasteiger partial charge in [0.15, 0.2) is 5.75 Å². The second-order valence-electron chi connectivity index (χ2n) is 4.26. The molecule has 1 aromatic carbocycles. The summed E-state index contributed by atoms with van der Waals surface area (Å²) in [7, 11) is 0. The van der Waals surface area contributed by atoms with Crippen molar-refractivity contribution in [2.24, 2.45) is 0 Å². The maximum absolute atomic E-state index is 11.5. The zero-order valence-corrected chi connectivity index (χ0v) is 11.0. The van der Waals surface area contributed by atoms with Crippen molar-refractivity contribution in [1.82, 2.24) is 4.98 Å². The van der Waals surface area contributed by atoms with Gasteiger partial charge >= 0.3 is 5.97 Å². The first-order valence-corrected chi connectivity index (χ1v) is 6.25. The van der Waals surface area contributed by atoms with Crippen LogP contribution < -0.4 is 4.74 Å². The fourth-order valence-corrected chi connectivity index (χ4v) is 2.04. The molecule has 0 spiro atoms. The fourth-order valence-electron chi connectivity index (χ4n) is 2.04. The molecule has 0 amide bonds. The zero-order valence-electron chi connectivity index (χ0n) is 11.0. The van der Waals surface area contributed by atoms with Gasteiger partial charge in [-0.1, -0.05) is 26.0 Å². The minimum atomic E-state index is -0.227. The molecule has 0 aliphatic heterocycles. The summed E-state index contributed by atoms with van der Waals surface area (Å²) in [6.45, 7) is 5.85. The van der Waals surface area contributed by atoms with Crippen molar-refractivity contribution in [2.45, 2.75) is 33.6 Å². The molecule has 94 valence electrons. The Morgan fingerprint density at radius 3 is 2.83 bits per heavy atom. The predicted octanol–water partition coefficient (Wildman–Crippen LogP) is 3.42. The topological polar surface area (TPSA) is 39.2 Å². The van der Waals surface area contributed by atoms with Crippen LogP contribution in [0.1, 0.15) is 31.4 Å². The van der Waals surface area contributed by atoms with Crippen molar-refractivity contribution in [1.29, 1.82) is 0 Å². The summed E-state index contributed by atoms with van der Waals surface area (Å²) < 4.78 is 5.41. The van der Waals surface area contributed by atoms with Crippen molar-refractivity contribution in [3.8, 4) is 5.75 Å². The van der Waals surface area contributed by atoms with Crippen LogP contribution in [0.25, 0.3) is 10.9 Å². The van der Waals surface area contributed by atoms with E-state index in [1.807, 2.05) is 19.1 Å². The summed E-state index contributed by atoms with van der Waals surface area (Å²) in [6, 6.07) is 5.99. The van der Waals surface area contributed by atoms with Gasteiger partial charge < -0.3 is 4.74 Å². The molecule has 0 aliphatic rings. The Kier molecular flexibility index (Phi) is 3.60. The molecule has 0 unspecified atom stereocenters. The van der Waals surface area contributed by atoms with Crippen LogP contribution >= 0.6 is 0 Å². The van der Waals surface area contributed by atoms with E-state index in [4.69, 9.17) is 4.74 Å². The standard InChI is InChI=1S/C15H17NO2/c1-4-11-9-10(3)15(18-13(17)5-2)14-12(11)7-6-8-16-14/h6-9H,4-5H2,1-3H3. The monoisotopic (exact) mass is 243 g/mol. The van der Waals surface area contributed by atoms with E-state index in [-0.39, 0.29) is 5.97 Å². The number of rotatable bonds is 3. The summed E-state index contributed by atoms with van der Waals surface area (Å²) in [5, 5.41) is 1.06. The Hall–Kier alpha value is -1.90. The highest BCUT2D eigenvalue weighted by Gasteiger charge is 2.13. The molecule has 0 atom stereocenters. The van der Waals surface area contributed by atoms with Crippen molar-refractivity contribution in [2.75, 3.05) is 0 Å². The number of carbonyl (C=O) groups excluding carboxylic acids is 1. The average molecular weight is 243 g/mol. The van der Waals surface area contributed by atoms with Crippen molar-refractivity contribution in [3.63, 3.8) is 0 Å². The van der Waals surface area contributed by atoms with Crippen LogP contribution in [0.15, 0.2) is 24.4 Å². The molecule has 2 aromatic rings. The van der Waals surface area contributed by atoms with E-state index in [0.29, 0.717) is 12.2 Å². The minimum Gasteiger partial charge on any atom is -0.424 e. The molecule has 0 aliphatic carbocycles. The lowest BCUT2D eigenvalue weighted by Gasteiger charge is -2.12. The summed E-state index contributed by atoms with van der Waals surface area (Å²) in [5.41, 5.74) is 2.96. The number of esters is 1. The first-order valence-electron chi connectivity index (χ1n) is 6.25. The number of hydrogen-bond donors (Lipinski definition) is 0. The second kappa shape index (κ2) is 5.17. The summed E-state index contributed by atoms with van der Waals surface area (Å²) >= 11 is 0. The lowest BCUT2D eigenvalue weighted by molar-refractivity contribution is -0.133. The second-order valence-corrected chi connectivity index (χ2v) is 4.26. The number of pyridine rings is 1. The highest BCUT2D eigenvalue weighted by atomic mass is 16.5. The molecule has 3 heteroatoms. The first kappa shape index (κ1) is 12.6. The van der Waals surface area contributed by atoms with Gasteiger partial charge in [-0.15, -0.1) is 0 Å². The molecule has 0 bridgehead atoms. The first-order chi connectivity index (χ1) is 8.67. The van der Waals surface area contributed by atoms with E-state index in [9.17, 15) is 4.79 Å². The van der Waals surface area contributed by atoms with Gasteiger partial charge in [0.1, 0.15) is 5.52 Å². The van der Waals surface area contributed by atoms with Crippen LogP contribution in [0.3, 0.4) is 0 Å². The van der Waals surface area contributed by atoms with E-state index >= 15 is 0 Å². The smallest absolute Gasteiger partial charge is 0.310 e. The zero-order chi connectivity index (χ0) is 13.1. The number of hydrogen-bond acceptors (Lipinski definition) is 3. The third-order valence-electron chi connectivity index (χ3n) is 3.00. The SMILES string of the molecule is CCC(=O)Oc1c(C)cc(CC)c2cccnc12. The summed E-state index contributed by atoms with van der Waals surface area (Å²) in [4.78, 5) is 15.8. The van der Waals surface area contributed by atoms with Gasteiger partial charge in [0.25, 0.3) is 0 Å². The third kappa shape index (κ3) is 2.21. The number of aryl methyl sites for hydroxylation is 2. The van der Waals surface area contributed by atoms with Crippen LogP contribution in [-0.2, 0) is 11.2 Å². The Morgan fingerprint density at radius 2 is 2.17 bits per heavy atom.